The second-order valence-electron chi connectivity index (χ2n) is 4.61. The van der Waals surface area contributed by atoms with Crippen LogP contribution >= 0.6 is 0 Å². The molecule has 0 unspecified atom stereocenters. The normalized spacial score (nSPS) is 12.2. The zero-order valence-corrected chi connectivity index (χ0v) is 11.3. The fourth-order valence-electron chi connectivity index (χ4n) is 2.02. The number of nitrogens with two attached hydrogens (primary N) is 1. The summed E-state index contributed by atoms with van der Waals surface area (Å²) >= 11 is 0. The molecule has 0 aliphatic carbocycles. The number of carbonyl (C=O) groups is 1. The molecule has 1 aliphatic heterocycles. The van der Waals surface area contributed by atoms with Crippen molar-refractivity contribution in [1.82, 2.24) is 4.57 Å². The lowest BCUT2D eigenvalue weighted by Crippen LogP contribution is -2.18. The van der Waals surface area contributed by atoms with Gasteiger partial charge in [0.2, 0.25) is 12.4 Å². The van der Waals surface area contributed by atoms with Gasteiger partial charge in [0.1, 0.15) is 0 Å². The van der Waals surface area contributed by atoms with Gasteiger partial charge in [-0.15, -0.1) is 0 Å². The van der Waals surface area contributed by atoms with E-state index in [2.05, 4.69) is 5.32 Å². The maximum atomic E-state index is 12.3. The van der Waals surface area contributed by atoms with Gasteiger partial charge in [-0.3, -0.25) is 9.59 Å². The van der Waals surface area contributed by atoms with Crippen molar-refractivity contribution in [3.05, 3.63) is 46.4 Å². The lowest BCUT2D eigenvalue weighted by molar-refractivity contribution is 0.102. The first kappa shape index (κ1) is 13.0. The number of amides is 1. The Bertz CT molecular complexity index is 782. The number of benzene rings is 1. The van der Waals surface area contributed by atoms with E-state index >= 15 is 0 Å². The lowest BCUT2D eigenvalue weighted by Gasteiger charge is -2.09. The molecule has 0 fully saturated rings. The highest BCUT2D eigenvalue weighted by molar-refractivity contribution is 6.08. The molecule has 0 atom stereocenters. The third-order valence-corrected chi connectivity index (χ3v) is 3.13. The molecular weight excluding hydrogens is 274 g/mol. The van der Waals surface area contributed by atoms with Crippen LogP contribution in [-0.4, -0.2) is 17.3 Å². The number of nitrogen functional groups attached to an aromatic ring is 1. The monoisotopic (exact) mass is 287 g/mol. The molecule has 0 bridgehead atoms. The van der Waals surface area contributed by atoms with Gasteiger partial charge in [-0.2, -0.15) is 0 Å². The van der Waals surface area contributed by atoms with Crippen molar-refractivity contribution in [3.63, 3.8) is 0 Å². The Morgan fingerprint density at radius 2 is 2.00 bits per heavy atom. The minimum absolute atomic E-state index is 0.112. The Morgan fingerprint density at radius 3 is 2.71 bits per heavy atom. The van der Waals surface area contributed by atoms with E-state index in [0.29, 0.717) is 22.9 Å². The molecule has 0 spiro atoms. The maximum absolute atomic E-state index is 12.3. The predicted octanol–water partition coefficient (Wildman–Crippen LogP) is 0.948. The van der Waals surface area contributed by atoms with Crippen molar-refractivity contribution in [1.29, 1.82) is 0 Å². The van der Waals surface area contributed by atoms with Gasteiger partial charge >= 0.3 is 0 Å². The Balaban J connectivity index is 1.88. The van der Waals surface area contributed by atoms with Gasteiger partial charge in [-0.1, -0.05) is 0 Å². The maximum Gasteiger partial charge on any atom is 0.257 e. The molecule has 3 N–H and O–H groups in total. The van der Waals surface area contributed by atoms with Gasteiger partial charge in [0.05, 0.1) is 11.3 Å². The Labute approximate surface area is 119 Å². The number of fused-ring (bicyclic) bond motifs is 1. The molecule has 1 aromatic heterocycles. The number of hydrogen-bond acceptors (Lipinski definition) is 5. The van der Waals surface area contributed by atoms with Crippen LogP contribution in [-0.2, 0) is 7.05 Å². The molecule has 1 aromatic carbocycles. The van der Waals surface area contributed by atoms with E-state index < -0.39 is 0 Å². The van der Waals surface area contributed by atoms with Crippen LogP contribution in [0.25, 0.3) is 0 Å². The zero-order chi connectivity index (χ0) is 15.0. The number of anilines is 2. The van der Waals surface area contributed by atoms with Crippen LogP contribution in [0.1, 0.15) is 10.4 Å². The highest BCUT2D eigenvalue weighted by Crippen LogP contribution is 2.36. The van der Waals surface area contributed by atoms with Gasteiger partial charge in [0, 0.05) is 31.1 Å². The molecule has 0 saturated carbocycles. The number of nitrogens with one attached hydrogen (secondary N) is 1. The minimum Gasteiger partial charge on any atom is -0.454 e. The van der Waals surface area contributed by atoms with Gasteiger partial charge in [-0.05, 0) is 12.1 Å². The lowest BCUT2D eigenvalue weighted by atomic mass is 10.1. The molecule has 7 nitrogen and oxygen atoms in total. The molecule has 3 rings (SSSR count). The van der Waals surface area contributed by atoms with Crippen molar-refractivity contribution in [2.45, 2.75) is 0 Å². The number of aromatic nitrogens is 1. The van der Waals surface area contributed by atoms with Gasteiger partial charge in [0.15, 0.2) is 11.5 Å². The summed E-state index contributed by atoms with van der Waals surface area (Å²) in [5.74, 6) is 0.616. The van der Waals surface area contributed by atoms with Gasteiger partial charge < -0.3 is 25.1 Å². The Kier molecular flexibility index (Phi) is 3.02. The standard InChI is InChI=1S/C14H13N3O4/c1-17-6-8(2-3-13(17)18)16-14(19)9-4-11-12(5-10(9)15)21-7-20-11/h2-6H,7,15H2,1H3,(H,16,19). The number of carbonyl (C=O) groups excluding carboxylic acids is 1. The fourth-order valence-corrected chi connectivity index (χ4v) is 2.02. The van der Waals surface area contributed by atoms with Crippen LogP contribution in [0.15, 0.2) is 35.3 Å². The summed E-state index contributed by atoms with van der Waals surface area (Å²) < 4.78 is 11.8. The van der Waals surface area contributed by atoms with Crippen molar-refractivity contribution in [3.8, 4) is 11.5 Å². The van der Waals surface area contributed by atoms with Crippen LogP contribution < -0.4 is 26.1 Å². The molecule has 1 amide bonds. The molecule has 0 saturated heterocycles. The van der Waals surface area contributed by atoms with Crippen molar-refractivity contribution in [2.24, 2.45) is 7.05 Å². The first-order valence-electron chi connectivity index (χ1n) is 6.22. The fraction of sp³-hybridized carbons (Fsp3) is 0.143. The summed E-state index contributed by atoms with van der Waals surface area (Å²) in [4.78, 5) is 23.6. The number of pyridine rings is 1. The van der Waals surface area contributed by atoms with Crippen LogP contribution in [0.3, 0.4) is 0 Å². The van der Waals surface area contributed by atoms with Crippen molar-refractivity contribution >= 4 is 17.3 Å². The molecule has 0 radical (unpaired) electrons. The summed E-state index contributed by atoms with van der Waals surface area (Å²) in [6.45, 7) is 0.112. The quantitative estimate of drug-likeness (QED) is 0.802. The average Bonchev–Trinajstić information content (AvgIpc) is 2.89. The SMILES string of the molecule is Cn1cc(NC(=O)c2cc3c(cc2N)OCO3)ccc1=O. The zero-order valence-electron chi connectivity index (χ0n) is 11.3. The van der Waals surface area contributed by atoms with E-state index in [-0.39, 0.29) is 23.8 Å². The van der Waals surface area contributed by atoms with E-state index in [9.17, 15) is 9.59 Å². The average molecular weight is 287 g/mol. The number of ether oxygens (including phenoxy) is 2. The molecule has 1 aliphatic rings. The summed E-state index contributed by atoms with van der Waals surface area (Å²) in [6.07, 6.45) is 1.53. The molecule has 7 heteroatoms. The van der Waals surface area contributed by atoms with Crippen LogP contribution in [0, 0.1) is 0 Å². The van der Waals surface area contributed by atoms with E-state index in [1.54, 1.807) is 13.1 Å². The molecule has 2 aromatic rings. The van der Waals surface area contributed by atoms with E-state index in [4.69, 9.17) is 15.2 Å². The van der Waals surface area contributed by atoms with Crippen LogP contribution in [0.2, 0.25) is 0 Å². The van der Waals surface area contributed by atoms with E-state index in [1.807, 2.05) is 0 Å². The number of nitrogens with zero attached hydrogens (tertiary/aromatic N) is 1. The summed E-state index contributed by atoms with van der Waals surface area (Å²) in [5.41, 5.74) is 6.77. The first-order valence-corrected chi connectivity index (χ1v) is 6.22. The number of hydrogen-bond donors (Lipinski definition) is 2. The predicted molar refractivity (Wildman–Crippen MR) is 76.6 cm³/mol. The van der Waals surface area contributed by atoms with Gasteiger partial charge in [0.25, 0.3) is 5.91 Å². The molecule has 21 heavy (non-hydrogen) atoms. The van der Waals surface area contributed by atoms with Crippen LogP contribution in [0.5, 0.6) is 11.5 Å². The third kappa shape index (κ3) is 2.40. The second-order valence-corrected chi connectivity index (χ2v) is 4.61. The van der Waals surface area contributed by atoms with Gasteiger partial charge in [-0.25, -0.2) is 0 Å². The first-order chi connectivity index (χ1) is 10.0. The summed E-state index contributed by atoms with van der Waals surface area (Å²) in [7, 11) is 1.60. The molecule has 108 valence electrons. The topological polar surface area (TPSA) is 95.6 Å². The van der Waals surface area contributed by atoms with E-state index in [1.165, 1.54) is 29.0 Å². The Morgan fingerprint density at radius 1 is 1.29 bits per heavy atom. The molecule has 2 heterocycles. The largest absolute Gasteiger partial charge is 0.454 e. The number of rotatable bonds is 2. The Hall–Kier alpha value is -2.96. The van der Waals surface area contributed by atoms with E-state index in [0.717, 1.165) is 0 Å². The van der Waals surface area contributed by atoms with Crippen molar-refractivity contribution in [2.75, 3.05) is 17.8 Å². The number of aryl methyl sites for hydroxylation is 1. The minimum atomic E-state index is -0.385. The summed E-state index contributed by atoms with van der Waals surface area (Å²) in [5, 5.41) is 2.68. The highest BCUT2D eigenvalue weighted by Gasteiger charge is 2.19. The smallest absolute Gasteiger partial charge is 0.257 e. The summed E-state index contributed by atoms with van der Waals surface area (Å²) in [6, 6.07) is 6.00. The van der Waals surface area contributed by atoms with Crippen molar-refractivity contribution < 1.29 is 14.3 Å². The third-order valence-electron chi connectivity index (χ3n) is 3.13. The van der Waals surface area contributed by atoms with Crippen LogP contribution in [0.4, 0.5) is 11.4 Å². The second kappa shape index (κ2) is 4.86. The highest BCUT2D eigenvalue weighted by atomic mass is 16.7. The molecular formula is C14H13N3O4.